The van der Waals surface area contributed by atoms with Crippen molar-refractivity contribution in [3.63, 3.8) is 0 Å². The molecule has 1 aromatic carbocycles. The number of hydrogen-bond acceptors (Lipinski definition) is 3. The number of benzene rings is 1. The molecule has 0 aliphatic carbocycles. The molecule has 1 heterocycles. The van der Waals surface area contributed by atoms with Gasteiger partial charge < -0.3 is 4.42 Å². The van der Waals surface area contributed by atoms with E-state index >= 15 is 0 Å². The van der Waals surface area contributed by atoms with Crippen molar-refractivity contribution in [2.75, 3.05) is 0 Å². The third-order valence-electron chi connectivity index (χ3n) is 2.32. The van der Waals surface area contributed by atoms with Crippen molar-refractivity contribution in [1.82, 2.24) is 5.43 Å². The first-order valence-electron chi connectivity index (χ1n) is 5.56. The van der Waals surface area contributed by atoms with Crippen LogP contribution in [0.2, 0.25) is 0 Å². The van der Waals surface area contributed by atoms with Crippen LogP contribution in [0.5, 0.6) is 0 Å². The van der Waals surface area contributed by atoms with Gasteiger partial charge in [-0.1, -0.05) is 12.1 Å². The highest BCUT2D eigenvalue weighted by Gasteiger charge is 2.04. The minimum Gasteiger partial charge on any atom is -0.447 e. The van der Waals surface area contributed by atoms with E-state index in [0.29, 0.717) is 16.0 Å². The molecule has 0 atom stereocenters. The molecule has 0 radical (unpaired) electrons. The molecule has 0 fully saturated rings. The molecule has 0 saturated carbocycles. The summed E-state index contributed by atoms with van der Waals surface area (Å²) >= 11 is 6.46. The third kappa shape index (κ3) is 4.28. The number of nitrogens with one attached hydrogen (secondary N) is 1. The SMILES string of the molecule is O=C(Cc1ccc(F)cc1)N/N=C/c1cc(Br)c(Br)o1. The molecular formula is C13H9Br2FN2O2. The molecule has 0 unspecified atom stereocenters. The summed E-state index contributed by atoms with van der Waals surface area (Å²) in [7, 11) is 0. The topological polar surface area (TPSA) is 54.6 Å². The van der Waals surface area contributed by atoms with Crippen LogP contribution < -0.4 is 5.43 Å². The van der Waals surface area contributed by atoms with Gasteiger partial charge in [-0.15, -0.1) is 0 Å². The summed E-state index contributed by atoms with van der Waals surface area (Å²) in [6.45, 7) is 0. The van der Waals surface area contributed by atoms with Crippen LogP contribution in [0.25, 0.3) is 0 Å². The zero-order valence-electron chi connectivity index (χ0n) is 10.1. The molecule has 0 aliphatic heterocycles. The minimum atomic E-state index is -0.332. The average molecular weight is 404 g/mol. The Labute approximate surface area is 131 Å². The number of rotatable bonds is 4. The van der Waals surface area contributed by atoms with Gasteiger partial charge in [0.15, 0.2) is 4.67 Å². The lowest BCUT2D eigenvalue weighted by atomic mass is 10.1. The fourth-order valence-electron chi connectivity index (χ4n) is 1.42. The van der Waals surface area contributed by atoms with E-state index in [0.717, 1.165) is 4.47 Å². The monoisotopic (exact) mass is 402 g/mol. The molecule has 104 valence electrons. The molecule has 0 saturated heterocycles. The smallest absolute Gasteiger partial charge is 0.244 e. The first-order chi connectivity index (χ1) is 9.54. The van der Waals surface area contributed by atoms with E-state index in [-0.39, 0.29) is 18.1 Å². The maximum Gasteiger partial charge on any atom is 0.244 e. The molecule has 1 amide bonds. The molecule has 7 heteroatoms. The Morgan fingerprint density at radius 1 is 1.35 bits per heavy atom. The lowest BCUT2D eigenvalue weighted by Gasteiger charge is -1.99. The van der Waals surface area contributed by atoms with Crippen molar-refractivity contribution in [3.05, 3.63) is 56.6 Å². The fraction of sp³-hybridized carbons (Fsp3) is 0.0769. The number of carbonyl (C=O) groups is 1. The zero-order chi connectivity index (χ0) is 14.5. The summed E-state index contributed by atoms with van der Waals surface area (Å²) in [5.74, 6) is -0.135. The predicted molar refractivity (Wildman–Crippen MR) is 79.9 cm³/mol. The number of nitrogens with zero attached hydrogens (tertiary/aromatic N) is 1. The molecule has 2 aromatic rings. The summed E-state index contributed by atoms with van der Waals surface area (Å²) in [4.78, 5) is 11.6. The Balaban J connectivity index is 1.87. The number of carbonyl (C=O) groups excluding carboxylic acids is 1. The van der Waals surface area contributed by atoms with Crippen LogP contribution in [0.15, 0.2) is 49.0 Å². The van der Waals surface area contributed by atoms with Gasteiger partial charge in [-0.2, -0.15) is 5.10 Å². The van der Waals surface area contributed by atoms with E-state index in [1.165, 1.54) is 18.3 Å². The lowest BCUT2D eigenvalue weighted by molar-refractivity contribution is -0.120. The van der Waals surface area contributed by atoms with Crippen molar-refractivity contribution in [3.8, 4) is 0 Å². The first kappa shape index (κ1) is 14.9. The van der Waals surface area contributed by atoms with E-state index < -0.39 is 0 Å². The Hall–Kier alpha value is -1.47. The summed E-state index contributed by atoms with van der Waals surface area (Å²) in [6, 6.07) is 7.44. The number of amides is 1. The molecule has 4 nitrogen and oxygen atoms in total. The second-order valence-electron chi connectivity index (χ2n) is 3.87. The quantitative estimate of drug-likeness (QED) is 0.625. The van der Waals surface area contributed by atoms with Crippen molar-refractivity contribution in [2.45, 2.75) is 6.42 Å². The van der Waals surface area contributed by atoms with Gasteiger partial charge in [0.05, 0.1) is 17.1 Å². The van der Waals surface area contributed by atoms with E-state index in [1.807, 2.05) is 0 Å². The standard InChI is InChI=1S/C13H9Br2FN2O2/c14-11-6-10(20-13(11)15)7-17-18-12(19)5-8-1-3-9(16)4-2-8/h1-4,6-7H,5H2,(H,18,19)/b17-7+. The van der Waals surface area contributed by atoms with Crippen molar-refractivity contribution in [1.29, 1.82) is 0 Å². The largest absolute Gasteiger partial charge is 0.447 e. The highest BCUT2D eigenvalue weighted by atomic mass is 79.9. The van der Waals surface area contributed by atoms with E-state index in [9.17, 15) is 9.18 Å². The van der Waals surface area contributed by atoms with Gasteiger partial charge in [0, 0.05) is 6.07 Å². The molecule has 0 spiro atoms. The molecule has 0 aliphatic rings. The highest BCUT2D eigenvalue weighted by molar-refractivity contribution is 9.13. The molecule has 0 bridgehead atoms. The third-order valence-corrected chi connectivity index (χ3v) is 4.03. The van der Waals surface area contributed by atoms with Crippen LogP contribution in [0.1, 0.15) is 11.3 Å². The van der Waals surface area contributed by atoms with Crippen LogP contribution in [-0.2, 0) is 11.2 Å². The average Bonchev–Trinajstić information content (AvgIpc) is 2.71. The summed E-state index contributed by atoms with van der Waals surface area (Å²) in [5.41, 5.74) is 3.08. The minimum absolute atomic E-state index is 0.128. The normalized spacial score (nSPS) is 10.9. The van der Waals surface area contributed by atoms with Gasteiger partial charge >= 0.3 is 0 Å². The van der Waals surface area contributed by atoms with Gasteiger partial charge in [0.2, 0.25) is 5.91 Å². The van der Waals surface area contributed by atoms with E-state index in [2.05, 4.69) is 42.4 Å². The Morgan fingerprint density at radius 3 is 2.65 bits per heavy atom. The zero-order valence-corrected chi connectivity index (χ0v) is 13.2. The van der Waals surface area contributed by atoms with Crippen molar-refractivity contribution in [2.24, 2.45) is 5.10 Å². The Morgan fingerprint density at radius 2 is 2.05 bits per heavy atom. The fourth-order valence-corrected chi connectivity index (χ4v) is 2.03. The maximum absolute atomic E-state index is 12.7. The van der Waals surface area contributed by atoms with Crippen molar-refractivity contribution >= 4 is 44.0 Å². The summed E-state index contributed by atoms with van der Waals surface area (Å²) in [5, 5.41) is 3.78. The second-order valence-corrected chi connectivity index (χ2v) is 5.44. The molecule has 1 aromatic heterocycles. The number of hydrazone groups is 1. The van der Waals surface area contributed by atoms with Gasteiger partial charge in [-0.05, 0) is 49.6 Å². The van der Waals surface area contributed by atoms with E-state index in [4.69, 9.17) is 4.42 Å². The molecule has 1 N–H and O–H groups in total. The summed E-state index contributed by atoms with van der Waals surface area (Å²) < 4.78 is 19.3. The van der Waals surface area contributed by atoms with E-state index in [1.54, 1.807) is 18.2 Å². The maximum atomic E-state index is 12.7. The lowest BCUT2D eigenvalue weighted by Crippen LogP contribution is -2.19. The molecule has 20 heavy (non-hydrogen) atoms. The van der Waals surface area contributed by atoms with Gasteiger partial charge in [-0.25, -0.2) is 9.82 Å². The van der Waals surface area contributed by atoms with Gasteiger partial charge in [0.1, 0.15) is 11.6 Å². The van der Waals surface area contributed by atoms with Gasteiger partial charge in [0.25, 0.3) is 0 Å². The Kier molecular flexibility index (Phi) is 5.08. The molecular weight excluding hydrogens is 395 g/mol. The predicted octanol–water partition coefficient (Wildman–Crippen LogP) is 3.64. The van der Waals surface area contributed by atoms with Crippen molar-refractivity contribution < 1.29 is 13.6 Å². The van der Waals surface area contributed by atoms with Crippen LogP contribution in [0.4, 0.5) is 4.39 Å². The first-order valence-corrected chi connectivity index (χ1v) is 7.14. The Bertz CT molecular complexity index is 619. The highest BCUT2D eigenvalue weighted by Crippen LogP contribution is 2.25. The second kappa shape index (κ2) is 6.81. The summed E-state index contributed by atoms with van der Waals surface area (Å²) in [6.07, 6.45) is 1.52. The van der Waals surface area contributed by atoms with Crippen LogP contribution >= 0.6 is 31.9 Å². The molecule has 2 rings (SSSR count). The number of hydrogen-bond donors (Lipinski definition) is 1. The van der Waals surface area contributed by atoms with Crippen LogP contribution in [0, 0.1) is 5.82 Å². The van der Waals surface area contributed by atoms with Crippen LogP contribution in [-0.4, -0.2) is 12.1 Å². The van der Waals surface area contributed by atoms with Crippen LogP contribution in [0.3, 0.4) is 0 Å². The van der Waals surface area contributed by atoms with Gasteiger partial charge in [-0.3, -0.25) is 4.79 Å². The number of furan rings is 1. The number of halogens is 3.